The molecule has 0 aliphatic rings. The summed E-state index contributed by atoms with van der Waals surface area (Å²) in [5.74, 6) is 1.49. The van der Waals surface area contributed by atoms with E-state index in [2.05, 4.69) is 10.3 Å². The number of halogens is 2. The van der Waals surface area contributed by atoms with Crippen molar-refractivity contribution >= 4 is 67.3 Å². The van der Waals surface area contributed by atoms with Gasteiger partial charge < -0.3 is 23.9 Å². The molecule has 178 valence electrons. The van der Waals surface area contributed by atoms with Crippen LogP contribution in [0.1, 0.15) is 9.67 Å². The minimum absolute atomic E-state index is 0.319. The molecule has 0 atom stereocenters. The van der Waals surface area contributed by atoms with Crippen LogP contribution in [0.4, 0.5) is 5.69 Å². The van der Waals surface area contributed by atoms with Crippen LogP contribution in [0.5, 0.6) is 17.2 Å². The number of thiophene rings is 1. The molecule has 2 heterocycles. The van der Waals surface area contributed by atoms with E-state index in [1.54, 1.807) is 62.8 Å². The van der Waals surface area contributed by atoms with Gasteiger partial charge in [-0.15, -0.1) is 11.3 Å². The van der Waals surface area contributed by atoms with Crippen LogP contribution < -0.4 is 19.5 Å². The van der Waals surface area contributed by atoms with E-state index in [0.29, 0.717) is 60.4 Å². The van der Waals surface area contributed by atoms with Gasteiger partial charge in [0.05, 0.1) is 26.4 Å². The Kier molecular flexibility index (Phi) is 6.19. The number of fused-ring (bicyclic) bond motifs is 2. The number of benzene rings is 3. The predicted octanol–water partition coefficient (Wildman–Crippen LogP) is 7.29. The second-order valence-corrected chi connectivity index (χ2v) is 9.32. The molecule has 2 aromatic heterocycles. The van der Waals surface area contributed by atoms with E-state index in [9.17, 15) is 4.79 Å². The van der Waals surface area contributed by atoms with Crippen molar-refractivity contribution in [2.75, 3.05) is 26.6 Å². The lowest BCUT2D eigenvalue weighted by Crippen LogP contribution is -2.10. The Morgan fingerprint density at radius 3 is 2.40 bits per heavy atom. The van der Waals surface area contributed by atoms with Gasteiger partial charge in [-0.1, -0.05) is 29.3 Å². The van der Waals surface area contributed by atoms with Crippen molar-refractivity contribution in [2.45, 2.75) is 0 Å². The first-order valence-corrected chi connectivity index (χ1v) is 11.9. The van der Waals surface area contributed by atoms with Crippen LogP contribution in [0.15, 0.2) is 52.9 Å². The molecule has 10 heteroatoms. The van der Waals surface area contributed by atoms with E-state index in [4.69, 9.17) is 41.8 Å². The maximum Gasteiger partial charge on any atom is 0.267 e. The van der Waals surface area contributed by atoms with Crippen molar-refractivity contribution in [2.24, 2.45) is 0 Å². The van der Waals surface area contributed by atoms with Gasteiger partial charge in [-0.2, -0.15) is 0 Å². The molecule has 0 saturated heterocycles. The van der Waals surface area contributed by atoms with Crippen molar-refractivity contribution in [3.05, 3.63) is 63.5 Å². The number of hydrogen-bond acceptors (Lipinski definition) is 7. The number of nitrogens with one attached hydrogen (secondary N) is 1. The van der Waals surface area contributed by atoms with E-state index >= 15 is 0 Å². The number of carbonyl (C=O) groups excluding carboxylic acids is 1. The van der Waals surface area contributed by atoms with Gasteiger partial charge in [-0.3, -0.25) is 4.79 Å². The lowest BCUT2D eigenvalue weighted by molar-refractivity contribution is 0.103. The van der Waals surface area contributed by atoms with E-state index in [0.717, 1.165) is 10.1 Å². The molecule has 0 aliphatic carbocycles. The molecular formula is C25H18Cl2N2O5S. The second kappa shape index (κ2) is 9.30. The SMILES string of the molecule is COc1cc(-c2nc3cc(NC(=O)c4sc5cc(Cl)ccc5c4Cl)ccc3o2)cc(OC)c1OC. The number of carbonyl (C=O) groups is 1. The monoisotopic (exact) mass is 528 g/mol. The molecule has 0 spiro atoms. The lowest BCUT2D eigenvalue weighted by Gasteiger charge is -2.12. The highest BCUT2D eigenvalue weighted by atomic mass is 35.5. The number of ether oxygens (including phenoxy) is 3. The highest BCUT2D eigenvalue weighted by Crippen LogP contribution is 2.42. The third-order valence-corrected chi connectivity index (χ3v) is 7.25. The molecule has 0 saturated carbocycles. The molecule has 0 unspecified atom stereocenters. The number of oxazole rings is 1. The maximum absolute atomic E-state index is 13.0. The van der Waals surface area contributed by atoms with Crippen molar-refractivity contribution in [3.63, 3.8) is 0 Å². The summed E-state index contributed by atoms with van der Waals surface area (Å²) in [5, 5.41) is 4.65. The Morgan fingerprint density at radius 2 is 1.71 bits per heavy atom. The Morgan fingerprint density at radius 1 is 0.971 bits per heavy atom. The Hall–Kier alpha value is -3.46. The summed E-state index contributed by atoms with van der Waals surface area (Å²) in [6.45, 7) is 0. The Bertz CT molecular complexity index is 1570. The summed E-state index contributed by atoms with van der Waals surface area (Å²) >= 11 is 13.8. The van der Waals surface area contributed by atoms with Crippen molar-refractivity contribution < 1.29 is 23.4 Å². The largest absolute Gasteiger partial charge is 0.493 e. The molecule has 5 aromatic rings. The van der Waals surface area contributed by atoms with Gasteiger partial charge in [-0.25, -0.2) is 4.98 Å². The first kappa shape index (κ1) is 23.3. The van der Waals surface area contributed by atoms with E-state index in [-0.39, 0.29) is 5.91 Å². The van der Waals surface area contributed by atoms with Gasteiger partial charge >= 0.3 is 0 Å². The number of hydrogen-bond donors (Lipinski definition) is 1. The quantitative estimate of drug-likeness (QED) is 0.249. The summed E-state index contributed by atoms with van der Waals surface area (Å²) in [6.07, 6.45) is 0. The summed E-state index contributed by atoms with van der Waals surface area (Å²) in [7, 11) is 4.62. The third kappa shape index (κ3) is 4.25. The van der Waals surface area contributed by atoms with Gasteiger partial charge in [0.25, 0.3) is 5.91 Å². The number of methoxy groups -OCH3 is 3. The highest BCUT2D eigenvalue weighted by Gasteiger charge is 2.20. The zero-order chi connectivity index (χ0) is 24.7. The van der Waals surface area contributed by atoms with Crippen LogP contribution in [-0.4, -0.2) is 32.2 Å². The van der Waals surface area contributed by atoms with Gasteiger partial charge in [-0.05, 0) is 42.5 Å². The summed E-state index contributed by atoms with van der Waals surface area (Å²) in [6, 6.07) is 14.1. The molecule has 3 aromatic carbocycles. The molecule has 5 rings (SSSR count). The van der Waals surface area contributed by atoms with Crippen LogP contribution in [0.3, 0.4) is 0 Å². The zero-order valence-electron chi connectivity index (χ0n) is 18.8. The fraction of sp³-hybridized carbons (Fsp3) is 0.120. The minimum Gasteiger partial charge on any atom is -0.493 e. The topological polar surface area (TPSA) is 82.8 Å². The molecule has 0 aliphatic heterocycles. The summed E-state index contributed by atoms with van der Waals surface area (Å²) in [5.41, 5.74) is 2.33. The Labute approximate surface area is 214 Å². The van der Waals surface area contributed by atoms with Crippen LogP contribution in [0.2, 0.25) is 10.0 Å². The number of amides is 1. The van der Waals surface area contributed by atoms with Gasteiger partial charge in [0, 0.05) is 26.4 Å². The fourth-order valence-electron chi connectivity index (χ4n) is 3.71. The van der Waals surface area contributed by atoms with Gasteiger partial charge in [0.15, 0.2) is 17.1 Å². The van der Waals surface area contributed by atoms with E-state index in [1.807, 2.05) is 0 Å². The van der Waals surface area contributed by atoms with Crippen LogP contribution in [-0.2, 0) is 0 Å². The minimum atomic E-state index is -0.319. The average Bonchev–Trinajstić information content (AvgIpc) is 3.43. The zero-order valence-corrected chi connectivity index (χ0v) is 21.1. The average molecular weight is 529 g/mol. The molecule has 0 radical (unpaired) electrons. The number of aromatic nitrogens is 1. The third-order valence-electron chi connectivity index (χ3n) is 5.35. The molecule has 7 nitrogen and oxygen atoms in total. The van der Waals surface area contributed by atoms with Crippen LogP contribution >= 0.6 is 34.5 Å². The summed E-state index contributed by atoms with van der Waals surface area (Å²) < 4.78 is 23.0. The first-order valence-electron chi connectivity index (χ1n) is 10.3. The fourth-order valence-corrected chi connectivity index (χ4v) is 5.39. The maximum atomic E-state index is 13.0. The van der Waals surface area contributed by atoms with Crippen molar-refractivity contribution in [3.8, 4) is 28.7 Å². The smallest absolute Gasteiger partial charge is 0.267 e. The molecule has 35 heavy (non-hydrogen) atoms. The number of rotatable bonds is 6. The van der Waals surface area contributed by atoms with E-state index < -0.39 is 0 Å². The van der Waals surface area contributed by atoms with Crippen molar-refractivity contribution in [1.82, 2.24) is 4.98 Å². The molecule has 1 amide bonds. The normalized spacial score (nSPS) is 11.1. The molecule has 1 N–H and O–H groups in total. The molecule has 0 bridgehead atoms. The predicted molar refractivity (Wildman–Crippen MR) is 139 cm³/mol. The molecular weight excluding hydrogens is 511 g/mol. The number of nitrogens with zero attached hydrogens (tertiary/aromatic N) is 1. The van der Waals surface area contributed by atoms with Crippen LogP contribution in [0.25, 0.3) is 32.6 Å². The Balaban J connectivity index is 1.46. The first-order chi connectivity index (χ1) is 16.9. The number of anilines is 1. The van der Waals surface area contributed by atoms with Gasteiger partial charge in [0.2, 0.25) is 11.6 Å². The lowest BCUT2D eigenvalue weighted by atomic mass is 10.2. The van der Waals surface area contributed by atoms with E-state index in [1.165, 1.54) is 18.4 Å². The second-order valence-electron chi connectivity index (χ2n) is 7.46. The standard InChI is InChI=1S/C25H18Cl2N2O5S/c1-31-18-8-12(9-19(32-2)22(18)33-3)25-29-16-11-14(5-7-17(16)34-25)28-24(30)23-21(27)15-6-4-13(26)10-20(15)35-23/h4-11H,1-3H3,(H,28,30). The highest BCUT2D eigenvalue weighted by molar-refractivity contribution is 7.21. The van der Waals surface area contributed by atoms with Gasteiger partial charge in [0.1, 0.15) is 10.4 Å². The summed E-state index contributed by atoms with van der Waals surface area (Å²) in [4.78, 5) is 17.9. The molecule has 0 fully saturated rings. The van der Waals surface area contributed by atoms with Crippen LogP contribution in [0, 0.1) is 0 Å². The van der Waals surface area contributed by atoms with Crippen molar-refractivity contribution in [1.29, 1.82) is 0 Å².